The van der Waals surface area contributed by atoms with Crippen LogP contribution in [0.3, 0.4) is 0 Å². The van der Waals surface area contributed by atoms with Crippen molar-refractivity contribution in [3.05, 3.63) is 29.3 Å². The number of aliphatic hydroxyl groups excluding tert-OH is 1. The largest absolute Gasteiger partial charge is 0.394 e. The van der Waals surface area contributed by atoms with Crippen LogP contribution in [0.1, 0.15) is 29.8 Å². The van der Waals surface area contributed by atoms with Crippen molar-refractivity contribution in [2.24, 2.45) is 0 Å². The third-order valence-corrected chi connectivity index (χ3v) is 3.38. The van der Waals surface area contributed by atoms with Crippen LogP contribution in [0.5, 0.6) is 0 Å². The number of hydrogen-bond acceptors (Lipinski definition) is 4. The molecule has 0 spiro atoms. The van der Waals surface area contributed by atoms with Crippen molar-refractivity contribution < 1.29 is 14.6 Å². The fraction of sp³-hybridized carbons (Fsp3) is 0.533. The molecule has 1 aliphatic rings. The zero-order chi connectivity index (χ0) is 14.0. The van der Waals surface area contributed by atoms with E-state index in [4.69, 9.17) is 4.74 Å². The highest BCUT2D eigenvalue weighted by Gasteiger charge is 2.33. The molecule has 1 aliphatic heterocycles. The number of aldehydes is 1. The predicted molar refractivity (Wildman–Crippen MR) is 74.8 cm³/mol. The van der Waals surface area contributed by atoms with E-state index in [9.17, 15) is 9.90 Å². The van der Waals surface area contributed by atoms with E-state index in [2.05, 4.69) is 4.90 Å². The number of anilines is 1. The molecule has 4 heteroatoms. The maximum Gasteiger partial charge on any atom is 0.150 e. The van der Waals surface area contributed by atoms with Crippen molar-refractivity contribution in [2.45, 2.75) is 32.5 Å². The van der Waals surface area contributed by atoms with E-state index >= 15 is 0 Å². The summed E-state index contributed by atoms with van der Waals surface area (Å²) < 4.78 is 5.81. The van der Waals surface area contributed by atoms with Crippen molar-refractivity contribution in [2.75, 3.05) is 24.6 Å². The van der Waals surface area contributed by atoms with Crippen LogP contribution in [0.2, 0.25) is 0 Å². The van der Waals surface area contributed by atoms with Crippen molar-refractivity contribution >= 4 is 12.0 Å². The number of carbonyl (C=O) groups excluding carboxylic acids is 1. The number of hydrogen-bond donors (Lipinski definition) is 1. The fourth-order valence-electron chi connectivity index (χ4n) is 2.68. The molecule has 1 N–H and O–H groups in total. The van der Waals surface area contributed by atoms with Crippen LogP contribution in [0.4, 0.5) is 5.69 Å². The maximum atomic E-state index is 10.8. The van der Waals surface area contributed by atoms with E-state index in [1.807, 2.05) is 39.0 Å². The Balaban J connectivity index is 2.27. The van der Waals surface area contributed by atoms with Gasteiger partial charge in [0.15, 0.2) is 0 Å². The van der Waals surface area contributed by atoms with Gasteiger partial charge in [0.1, 0.15) is 6.29 Å². The molecule has 0 amide bonds. The topological polar surface area (TPSA) is 49.8 Å². The summed E-state index contributed by atoms with van der Waals surface area (Å²) >= 11 is 0. The first kappa shape index (κ1) is 14.0. The summed E-state index contributed by atoms with van der Waals surface area (Å²) in [6, 6.07) is 5.68. The number of morpholine rings is 1. The van der Waals surface area contributed by atoms with E-state index in [0.717, 1.165) is 24.1 Å². The number of benzene rings is 1. The second-order valence-electron chi connectivity index (χ2n) is 5.73. The molecule has 2 rings (SSSR count). The first-order valence-electron chi connectivity index (χ1n) is 6.54. The molecule has 1 atom stereocenters. The molecule has 1 unspecified atom stereocenters. The summed E-state index contributed by atoms with van der Waals surface area (Å²) in [7, 11) is 0. The second-order valence-corrected chi connectivity index (χ2v) is 5.73. The van der Waals surface area contributed by atoms with Crippen LogP contribution in [0, 0.1) is 6.92 Å². The van der Waals surface area contributed by atoms with Crippen molar-refractivity contribution in [3.63, 3.8) is 0 Å². The van der Waals surface area contributed by atoms with Crippen LogP contribution >= 0.6 is 0 Å². The van der Waals surface area contributed by atoms with Gasteiger partial charge in [-0.25, -0.2) is 0 Å². The van der Waals surface area contributed by atoms with Gasteiger partial charge in [-0.15, -0.1) is 0 Å². The molecule has 104 valence electrons. The second kappa shape index (κ2) is 5.31. The molecule has 19 heavy (non-hydrogen) atoms. The number of aryl methyl sites for hydroxylation is 1. The minimum atomic E-state index is -0.290. The summed E-state index contributed by atoms with van der Waals surface area (Å²) in [5, 5.41) is 9.34. The smallest absolute Gasteiger partial charge is 0.150 e. The minimum absolute atomic E-state index is 0.0192. The summed E-state index contributed by atoms with van der Waals surface area (Å²) in [6.45, 7) is 7.50. The van der Waals surface area contributed by atoms with Crippen LogP contribution in [-0.2, 0) is 4.74 Å². The maximum absolute atomic E-state index is 10.8. The zero-order valence-electron chi connectivity index (χ0n) is 11.7. The van der Waals surface area contributed by atoms with Gasteiger partial charge in [0.2, 0.25) is 0 Å². The van der Waals surface area contributed by atoms with Crippen LogP contribution in [0.25, 0.3) is 0 Å². The molecule has 0 saturated carbocycles. The van der Waals surface area contributed by atoms with Gasteiger partial charge in [0.05, 0.1) is 18.3 Å². The Labute approximate surface area is 114 Å². The Hall–Kier alpha value is -1.39. The van der Waals surface area contributed by atoms with E-state index in [1.54, 1.807) is 0 Å². The molecule has 0 radical (unpaired) electrons. The predicted octanol–water partition coefficient (Wildman–Crippen LogP) is 1.78. The lowest BCUT2D eigenvalue weighted by Crippen LogP contribution is -2.54. The minimum Gasteiger partial charge on any atom is -0.394 e. The molecule has 1 aromatic carbocycles. The summed E-state index contributed by atoms with van der Waals surface area (Å²) in [4.78, 5) is 13.0. The van der Waals surface area contributed by atoms with Gasteiger partial charge in [-0.2, -0.15) is 0 Å². The van der Waals surface area contributed by atoms with Gasteiger partial charge in [-0.1, -0.05) is 0 Å². The Morgan fingerprint density at radius 1 is 1.53 bits per heavy atom. The van der Waals surface area contributed by atoms with E-state index < -0.39 is 0 Å². The van der Waals surface area contributed by atoms with Gasteiger partial charge in [-0.05, 0) is 44.5 Å². The highest BCUT2D eigenvalue weighted by atomic mass is 16.5. The van der Waals surface area contributed by atoms with Crippen LogP contribution in [-0.4, -0.2) is 42.8 Å². The molecular weight excluding hydrogens is 242 g/mol. The van der Waals surface area contributed by atoms with Gasteiger partial charge in [0, 0.05) is 24.3 Å². The first-order chi connectivity index (χ1) is 8.95. The molecule has 0 aromatic heterocycles. The van der Waals surface area contributed by atoms with Gasteiger partial charge in [0.25, 0.3) is 0 Å². The van der Waals surface area contributed by atoms with E-state index in [1.165, 1.54) is 0 Å². The van der Waals surface area contributed by atoms with Gasteiger partial charge in [-0.3, -0.25) is 4.79 Å². The summed E-state index contributed by atoms with van der Waals surface area (Å²) in [5.74, 6) is 0. The standard InChI is InChI=1S/C15H21NO3/c1-11-6-12(8-17)4-5-14(11)16-7-13(9-18)19-15(2,3)10-16/h4-6,8,13,18H,7,9-10H2,1-3H3. The van der Waals surface area contributed by atoms with E-state index in [0.29, 0.717) is 12.1 Å². The zero-order valence-corrected chi connectivity index (χ0v) is 11.7. The average molecular weight is 263 g/mol. The lowest BCUT2D eigenvalue weighted by Gasteiger charge is -2.43. The van der Waals surface area contributed by atoms with Crippen LogP contribution < -0.4 is 4.90 Å². The Morgan fingerprint density at radius 3 is 2.84 bits per heavy atom. The van der Waals surface area contributed by atoms with Gasteiger partial charge >= 0.3 is 0 Å². The Bertz CT molecular complexity index is 470. The van der Waals surface area contributed by atoms with Crippen molar-refractivity contribution in [1.29, 1.82) is 0 Å². The molecular formula is C15H21NO3. The lowest BCUT2D eigenvalue weighted by atomic mass is 10.0. The molecule has 1 aromatic rings. The molecule has 1 fully saturated rings. The highest BCUT2D eigenvalue weighted by Crippen LogP contribution is 2.28. The molecule has 4 nitrogen and oxygen atoms in total. The monoisotopic (exact) mass is 263 g/mol. The lowest BCUT2D eigenvalue weighted by molar-refractivity contribution is -0.101. The third kappa shape index (κ3) is 3.14. The van der Waals surface area contributed by atoms with Crippen LogP contribution in [0.15, 0.2) is 18.2 Å². The van der Waals surface area contributed by atoms with Crippen molar-refractivity contribution in [1.82, 2.24) is 0 Å². The number of aliphatic hydroxyl groups is 1. The SMILES string of the molecule is Cc1cc(C=O)ccc1N1CC(CO)OC(C)(C)C1. The quantitative estimate of drug-likeness (QED) is 0.845. The molecule has 1 heterocycles. The number of carbonyl (C=O) groups is 1. The van der Waals surface area contributed by atoms with Gasteiger partial charge < -0.3 is 14.7 Å². The first-order valence-corrected chi connectivity index (χ1v) is 6.54. The van der Waals surface area contributed by atoms with Crippen molar-refractivity contribution in [3.8, 4) is 0 Å². The highest BCUT2D eigenvalue weighted by molar-refractivity contribution is 5.77. The summed E-state index contributed by atoms with van der Waals surface area (Å²) in [6.07, 6.45) is 0.685. The normalized spacial score (nSPS) is 22.3. The fourth-order valence-corrected chi connectivity index (χ4v) is 2.68. The average Bonchev–Trinajstić information content (AvgIpc) is 2.36. The van der Waals surface area contributed by atoms with E-state index in [-0.39, 0.29) is 18.3 Å². The number of nitrogens with zero attached hydrogens (tertiary/aromatic N) is 1. The third-order valence-electron chi connectivity index (χ3n) is 3.38. The summed E-state index contributed by atoms with van der Waals surface area (Å²) in [5.41, 5.74) is 2.56. The number of ether oxygens (including phenoxy) is 1. The molecule has 0 bridgehead atoms. The Morgan fingerprint density at radius 2 is 2.26 bits per heavy atom. The molecule has 1 saturated heterocycles. The number of rotatable bonds is 3. The molecule has 0 aliphatic carbocycles. The Kier molecular flexibility index (Phi) is 3.92.